The fraction of sp³-hybridized carbons (Fsp3) is 0.700. The van der Waals surface area contributed by atoms with E-state index in [9.17, 15) is 19.8 Å². The molecule has 3 aliphatic rings. The normalized spacial score (nSPS) is 39.6. The summed E-state index contributed by atoms with van der Waals surface area (Å²) in [6.07, 6.45) is 1.65. The van der Waals surface area contributed by atoms with Crippen molar-refractivity contribution in [3.05, 3.63) is 23.8 Å². The number of aliphatic hydroxyl groups excluding tert-OH is 1. The Labute approximate surface area is 159 Å². The van der Waals surface area contributed by atoms with Crippen LogP contribution < -0.4 is 0 Å². The molecule has 7 nitrogen and oxygen atoms in total. The van der Waals surface area contributed by atoms with Crippen molar-refractivity contribution < 1.29 is 34.0 Å². The molecule has 7 heteroatoms. The zero-order valence-corrected chi connectivity index (χ0v) is 16.1. The van der Waals surface area contributed by atoms with Gasteiger partial charge in [0.25, 0.3) is 0 Å². The van der Waals surface area contributed by atoms with Crippen molar-refractivity contribution in [3.8, 4) is 0 Å². The van der Waals surface area contributed by atoms with Crippen LogP contribution in [0.15, 0.2) is 23.8 Å². The molecule has 2 saturated heterocycles. The second-order valence-electron chi connectivity index (χ2n) is 7.99. The Morgan fingerprint density at radius 3 is 2.81 bits per heavy atom. The van der Waals surface area contributed by atoms with Gasteiger partial charge in [-0.2, -0.15) is 0 Å². The van der Waals surface area contributed by atoms with Crippen molar-refractivity contribution in [2.24, 2.45) is 11.8 Å². The van der Waals surface area contributed by atoms with E-state index in [1.807, 2.05) is 6.92 Å². The van der Waals surface area contributed by atoms with Crippen LogP contribution in [0.3, 0.4) is 0 Å². The molecule has 3 heterocycles. The Morgan fingerprint density at radius 2 is 2.19 bits per heavy atom. The SMILES string of the molecule is C=C1C(=O)OC2C=C(C)C3(O)CCC(CO)(CC(OC(=O)C(C)CC)C12)O3. The van der Waals surface area contributed by atoms with Gasteiger partial charge in [-0.25, -0.2) is 4.79 Å². The Hall–Kier alpha value is -1.70. The second-order valence-corrected chi connectivity index (χ2v) is 7.99. The maximum atomic E-state index is 12.5. The molecule has 0 spiro atoms. The predicted molar refractivity (Wildman–Crippen MR) is 95.3 cm³/mol. The smallest absolute Gasteiger partial charge is 0.334 e. The summed E-state index contributed by atoms with van der Waals surface area (Å²) in [5, 5.41) is 20.9. The molecule has 0 saturated carbocycles. The van der Waals surface area contributed by atoms with E-state index in [1.54, 1.807) is 19.9 Å². The summed E-state index contributed by atoms with van der Waals surface area (Å²) in [5.74, 6) is -3.35. The summed E-state index contributed by atoms with van der Waals surface area (Å²) in [4.78, 5) is 24.6. The first-order valence-corrected chi connectivity index (χ1v) is 9.47. The molecule has 3 aliphatic heterocycles. The number of esters is 2. The first-order valence-electron chi connectivity index (χ1n) is 9.47. The number of hydrogen-bond acceptors (Lipinski definition) is 7. The van der Waals surface area contributed by atoms with Crippen LogP contribution in [0.4, 0.5) is 0 Å². The zero-order valence-electron chi connectivity index (χ0n) is 16.1. The maximum Gasteiger partial charge on any atom is 0.334 e. The third-order valence-corrected chi connectivity index (χ3v) is 6.14. The molecule has 0 aromatic carbocycles. The second kappa shape index (κ2) is 7.04. The van der Waals surface area contributed by atoms with Crippen LogP contribution >= 0.6 is 0 Å². The number of carbonyl (C=O) groups excluding carboxylic acids is 2. The Balaban J connectivity index is 2.03. The van der Waals surface area contributed by atoms with E-state index >= 15 is 0 Å². The molecule has 6 unspecified atom stereocenters. The number of hydrogen-bond donors (Lipinski definition) is 2. The third-order valence-electron chi connectivity index (χ3n) is 6.14. The largest absolute Gasteiger partial charge is 0.461 e. The van der Waals surface area contributed by atoms with E-state index in [1.165, 1.54) is 0 Å². The summed E-state index contributed by atoms with van der Waals surface area (Å²) >= 11 is 0. The highest BCUT2D eigenvalue weighted by Gasteiger charge is 2.55. The van der Waals surface area contributed by atoms with Gasteiger partial charge in [-0.3, -0.25) is 4.79 Å². The Morgan fingerprint density at radius 1 is 1.48 bits per heavy atom. The van der Waals surface area contributed by atoms with Crippen LogP contribution in [0.25, 0.3) is 0 Å². The number of aliphatic hydroxyl groups is 2. The summed E-state index contributed by atoms with van der Waals surface area (Å²) in [5.41, 5.74) is -0.335. The molecule has 0 aliphatic carbocycles. The lowest BCUT2D eigenvalue weighted by Gasteiger charge is -2.34. The summed E-state index contributed by atoms with van der Waals surface area (Å²) in [6, 6.07) is 0. The molecule has 0 aromatic rings. The van der Waals surface area contributed by atoms with Crippen molar-refractivity contribution in [2.75, 3.05) is 6.61 Å². The quantitative estimate of drug-likeness (QED) is 0.434. The number of carbonyl (C=O) groups is 2. The van der Waals surface area contributed by atoms with Gasteiger partial charge in [0.15, 0.2) is 5.79 Å². The van der Waals surface area contributed by atoms with Crippen LogP contribution in [-0.4, -0.2) is 52.4 Å². The minimum atomic E-state index is -1.54. The minimum Gasteiger partial charge on any atom is -0.461 e. The molecule has 150 valence electrons. The fourth-order valence-electron chi connectivity index (χ4n) is 4.05. The van der Waals surface area contributed by atoms with Crippen molar-refractivity contribution >= 4 is 11.9 Å². The van der Waals surface area contributed by atoms with Crippen LogP contribution in [0.1, 0.15) is 46.5 Å². The van der Waals surface area contributed by atoms with Gasteiger partial charge in [0.2, 0.25) is 0 Å². The van der Waals surface area contributed by atoms with Gasteiger partial charge in [-0.15, -0.1) is 0 Å². The summed E-state index contributed by atoms with van der Waals surface area (Å²) in [6.45, 7) is 8.87. The lowest BCUT2D eigenvalue weighted by molar-refractivity contribution is -0.218. The van der Waals surface area contributed by atoms with Crippen molar-refractivity contribution in [2.45, 2.75) is 70.1 Å². The Kier molecular flexibility index (Phi) is 5.22. The van der Waals surface area contributed by atoms with Crippen molar-refractivity contribution in [3.63, 3.8) is 0 Å². The maximum absolute atomic E-state index is 12.5. The van der Waals surface area contributed by atoms with Crippen LogP contribution in [0, 0.1) is 11.8 Å². The van der Waals surface area contributed by atoms with E-state index < -0.39 is 35.5 Å². The van der Waals surface area contributed by atoms with Gasteiger partial charge >= 0.3 is 11.9 Å². The molecule has 0 amide bonds. The summed E-state index contributed by atoms with van der Waals surface area (Å²) < 4.78 is 17.1. The van der Waals surface area contributed by atoms with Crippen molar-refractivity contribution in [1.82, 2.24) is 0 Å². The van der Waals surface area contributed by atoms with Gasteiger partial charge < -0.3 is 24.4 Å². The number of rotatable bonds is 4. The molecule has 6 atom stereocenters. The molecule has 2 fully saturated rings. The van der Waals surface area contributed by atoms with Gasteiger partial charge in [-0.1, -0.05) is 20.4 Å². The highest BCUT2D eigenvalue weighted by molar-refractivity contribution is 5.91. The highest BCUT2D eigenvalue weighted by atomic mass is 16.7. The molecule has 0 radical (unpaired) electrons. The molecule has 2 N–H and O–H groups in total. The van der Waals surface area contributed by atoms with Crippen LogP contribution in [0.5, 0.6) is 0 Å². The lowest BCUT2D eigenvalue weighted by atomic mass is 9.81. The molecule has 27 heavy (non-hydrogen) atoms. The van der Waals surface area contributed by atoms with Crippen LogP contribution in [0.2, 0.25) is 0 Å². The average Bonchev–Trinajstić information content (AvgIpc) is 3.12. The van der Waals surface area contributed by atoms with E-state index in [2.05, 4.69) is 6.58 Å². The van der Waals surface area contributed by atoms with Gasteiger partial charge in [0.05, 0.1) is 24.0 Å². The standard InChI is InChI=1S/C20H28O7/c1-5-11(2)17(22)26-15-9-19(10-21)6-7-20(24,27-19)12(3)8-14-16(15)13(4)18(23)25-14/h8,11,14-16,21,24H,4-7,9-10H2,1-3H3. The number of fused-ring (bicyclic) bond motifs is 3. The Bertz CT molecular complexity index is 684. The fourth-order valence-corrected chi connectivity index (χ4v) is 4.05. The topological polar surface area (TPSA) is 102 Å². The minimum absolute atomic E-state index is 0.145. The zero-order chi connectivity index (χ0) is 20.0. The first kappa shape index (κ1) is 20.0. The van der Waals surface area contributed by atoms with Crippen LogP contribution in [-0.2, 0) is 23.8 Å². The van der Waals surface area contributed by atoms with E-state index in [0.29, 0.717) is 24.8 Å². The molecule has 0 aromatic heterocycles. The van der Waals surface area contributed by atoms with E-state index in [0.717, 1.165) is 0 Å². The predicted octanol–water partition coefficient (Wildman–Crippen LogP) is 1.62. The van der Waals surface area contributed by atoms with Gasteiger partial charge in [0, 0.05) is 18.4 Å². The highest BCUT2D eigenvalue weighted by Crippen LogP contribution is 2.47. The molecular weight excluding hydrogens is 352 g/mol. The van der Waals surface area contributed by atoms with E-state index in [4.69, 9.17) is 14.2 Å². The summed E-state index contributed by atoms with van der Waals surface area (Å²) in [7, 11) is 0. The first-order chi connectivity index (χ1) is 12.6. The monoisotopic (exact) mass is 380 g/mol. The molecular formula is C20H28O7. The van der Waals surface area contributed by atoms with Gasteiger partial charge in [0.1, 0.15) is 12.2 Å². The number of ether oxygens (including phenoxy) is 3. The van der Waals surface area contributed by atoms with E-state index in [-0.39, 0.29) is 30.5 Å². The lowest BCUT2D eigenvalue weighted by Crippen LogP contribution is -2.44. The van der Waals surface area contributed by atoms with Gasteiger partial charge in [-0.05, 0) is 31.4 Å². The molecule has 3 rings (SSSR count). The van der Waals surface area contributed by atoms with Crippen molar-refractivity contribution in [1.29, 1.82) is 0 Å². The average molecular weight is 380 g/mol. The third kappa shape index (κ3) is 3.44. The molecule has 2 bridgehead atoms.